The minimum absolute atomic E-state index is 0.0650. The zero-order chi connectivity index (χ0) is 11.7. The van der Waals surface area contributed by atoms with E-state index in [4.69, 9.17) is 4.74 Å². The van der Waals surface area contributed by atoms with Crippen LogP contribution in [0, 0.1) is 0 Å². The molecule has 0 unspecified atom stereocenters. The van der Waals surface area contributed by atoms with E-state index in [1.165, 1.54) is 12.8 Å². The van der Waals surface area contributed by atoms with Gasteiger partial charge < -0.3 is 10.1 Å². The van der Waals surface area contributed by atoms with E-state index >= 15 is 0 Å². The molecule has 0 saturated carbocycles. The van der Waals surface area contributed by atoms with Crippen molar-refractivity contribution in [1.82, 2.24) is 5.32 Å². The Morgan fingerprint density at radius 3 is 2.82 bits per heavy atom. The van der Waals surface area contributed by atoms with Crippen LogP contribution in [-0.4, -0.2) is 24.2 Å². The van der Waals surface area contributed by atoms with Gasteiger partial charge in [-0.05, 0) is 25.0 Å². The third-order valence-electron chi connectivity index (χ3n) is 3.75. The lowest BCUT2D eigenvalue weighted by Crippen LogP contribution is -2.38. The number of ether oxygens (including phenoxy) is 1. The van der Waals surface area contributed by atoms with Crippen molar-refractivity contribution in [3.05, 3.63) is 35.9 Å². The third-order valence-corrected chi connectivity index (χ3v) is 3.75. The maximum absolute atomic E-state index is 11.9. The van der Waals surface area contributed by atoms with Gasteiger partial charge in [0.1, 0.15) is 6.10 Å². The quantitative estimate of drug-likeness (QED) is 0.792. The van der Waals surface area contributed by atoms with Gasteiger partial charge in [0, 0.05) is 18.5 Å². The molecule has 1 aromatic rings. The molecule has 3 atom stereocenters. The molecule has 2 aliphatic rings. The van der Waals surface area contributed by atoms with Crippen molar-refractivity contribution in [2.75, 3.05) is 0 Å². The van der Waals surface area contributed by atoms with Crippen molar-refractivity contribution in [3.8, 4) is 0 Å². The van der Waals surface area contributed by atoms with Gasteiger partial charge in [0.25, 0.3) is 0 Å². The van der Waals surface area contributed by atoms with Crippen LogP contribution in [0.5, 0.6) is 0 Å². The fraction of sp³-hybridized carbons (Fsp3) is 0.500. The number of esters is 1. The van der Waals surface area contributed by atoms with E-state index in [0.717, 1.165) is 12.8 Å². The summed E-state index contributed by atoms with van der Waals surface area (Å²) in [6.07, 6.45) is 4.64. The Hall–Kier alpha value is -1.35. The molecule has 2 heterocycles. The largest absolute Gasteiger partial charge is 0.457 e. The van der Waals surface area contributed by atoms with Gasteiger partial charge >= 0.3 is 5.97 Å². The highest BCUT2D eigenvalue weighted by Crippen LogP contribution is 2.29. The van der Waals surface area contributed by atoms with Gasteiger partial charge in [-0.2, -0.15) is 0 Å². The van der Waals surface area contributed by atoms with E-state index in [0.29, 0.717) is 17.6 Å². The van der Waals surface area contributed by atoms with Gasteiger partial charge in [-0.1, -0.05) is 24.6 Å². The summed E-state index contributed by atoms with van der Waals surface area (Å²) in [6, 6.07) is 10.2. The van der Waals surface area contributed by atoms with Crippen LogP contribution in [0.4, 0.5) is 0 Å². The average molecular weight is 231 g/mol. The second-order valence-corrected chi connectivity index (χ2v) is 4.95. The molecule has 2 fully saturated rings. The first-order valence-electron chi connectivity index (χ1n) is 6.35. The van der Waals surface area contributed by atoms with E-state index in [9.17, 15) is 4.79 Å². The van der Waals surface area contributed by atoms with Crippen molar-refractivity contribution in [2.24, 2.45) is 0 Å². The standard InChI is InChI=1S/C14H17NO2/c16-14(10-5-2-1-3-6-10)17-13-9-11-7-4-8-12(13)15-11/h1-3,5-6,11-13,15H,4,7-9H2/t11-,12+,13-/m1/s1. The first kappa shape index (κ1) is 10.8. The molecular formula is C14H17NO2. The fourth-order valence-electron chi connectivity index (χ4n) is 2.89. The number of fused-ring (bicyclic) bond motifs is 2. The highest BCUT2D eigenvalue weighted by Gasteiger charge is 2.38. The molecule has 17 heavy (non-hydrogen) atoms. The van der Waals surface area contributed by atoms with Crippen molar-refractivity contribution in [3.63, 3.8) is 0 Å². The van der Waals surface area contributed by atoms with Crippen LogP contribution in [0.3, 0.4) is 0 Å². The minimum Gasteiger partial charge on any atom is -0.457 e. The van der Waals surface area contributed by atoms with Crippen LogP contribution in [0.2, 0.25) is 0 Å². The molecule has 0 amide bonds. The number of rotatable bonds is 2. The summed E-state index contributed by atoms with van der Waals surface area (Å²) in [5.41, 5.74) is 0.647. The smallest absolute Gasteiger partial charge is 0.338 e. The second kappa shape index (κ2) is 4.49. The molecule has 3 nitrogen and oxygen atoms in total. The number of carbonyl (C=O) groups is 1. The van der Waals surface area contributed by atoms with Crippen LogP contribution in [0.1, 0.15) is 36.0 Å². The molecule has 0 aliphatic carbocycles. The number of piperidine rings is 1. The summed E-state index contributed by atoms with van der Waals surface area (Å²) in [7, 11) is 0. The number of hydrogen-bond acceptors (Lipinski definition) is 3. The van der Waals surface area contributed by atoms with Crippen LogP contribution in [0.25, 0.3) is 0 Å². The lowest BCUT2D eigenvalue weighted by atomic mass is 10.1. The summed E-state index contributed by atoms with van der Waals surface area (Å²) in [5.74, 6) is -0.190. The molecule has 2 bridgehead atoms. The van der Waals surface area contributed by atoms with Gasteiger partial charge in [0.05, 0.1) is 5.56 Å². The SMILES string of the molecule is O=C(O[C@@H]1C[C@H]2CCC[C@@H]1N2)c1ccccc1. The molecule has 1 N–H and O–H groups in total. The number of nitrogens with one attached hydrogen (secondary N) is 1. The second-order valence-electron chi connectivity index (χ2n) is 4.95. The molecule has 2 saturated heterocycles. The number of carbonyl (C=O) groups excluding carboxylic acids is 1. The maximum atomic E-state index is 11.9. The first-order chi connectivity index (χ1) is 8.33. The normalized spacial score (nSPS) is 31.2. The van der Waals surface area contributed by atoms with E-state index in [-0.39, 0.29) is 12.1 Å². The van der Waals surface area contributed by atoms with Crippen molar-refractivity contribution < 1.29 is 9.53 Å². The summed E-state index contributed by atoms with van der Waals surface area (Å²) in [6.45, 7) is 0. The van der Waals surface area contributed by atoms with E-state index in [1.807, 2.05) is 18.2 Å². The molecule has 0 aromatic heterocycles. The highest BCUT2D eigenvalue weighted by molar-refractivity contribution is 5.89. The monoisotopic (exact) mass is 231 g/mol. The lowest BCUT2D eigenvalue weighted by Gasteiger charge is -2.22. The van der Waals surface area contributed by atoms with Crippen molar-refractivity contribution in [2.45, 2.75) is 43.9 Å². The molecular weight excluding hydrogens is 214 g/mol. The zero-order valence-electron chi connectivity index (χ0n) is 9.76. The average Bonchev–Trinajstić information content (AvgIpc) is 2.65. The van der Waals surface area contributed by atoms with Crippen LogP contribution >= 0.6 is 0 Å². The summed E-state index contributed by atoms with van der Waals surface area (Å²) >= 11 is 0. The molecule has 0 spiro atoms. The lowest BCUT2D eigenvalue weighted by molar-refractivity contribution is 0.0270. The van der Waals surface area contributed by atoms with Gasteiger partial charge in [0.2, 0.25) is 0 Å². The minimum atomic E-state index is -0.190. The molecule has 90 valence electrons. The fourth-order valence-corrected chi connectivity index (χ4v) is 2.89. The predicted molar refractivity (Wildman–Crippen MR) is 64.8 cm³/mol. The van der Waals surface area contributed by atoms with Gasteiger partial charge in [-0.25, -0.2) is 4.79 Å². The Kier molecular flexibility index (Phi) is 2.85. The summed E-state index contributed by atoms with van der Waals surface area (Å²) < 4.78 is 5.61. The van der Waals surface area contributed by atoms with Crippen LogP contribution < -0.4 is 5.32 Å². The third kappa shape index (κ3) is 2.20. The van der Waals surface area contributed by atoms with E-state index in [2.05, 4.69) is 5.32 Å². The van der Waals surface area contributed by atoms with Gasteiger partial charge in [-0.15, -0.1) is 0 Å². The number of benzene rings is 1. The predicted octanol–water partition coefficient (Wildman–Crippen LogP) is 2.13. The van der Waals surface area contributed by atoms with E-state index in [1.54, 1.807) is 12.1 Å². The Balaban J connectivity index is 1.66. The Bertz CT molecular complexity index is 404. The Morgan fingerprint density at radius 1 is 1.24 bits per heavy atom. The molecule has 0 radical (unpaired) electrons. The maximum Gasteiger partial charge on any atom is 0.338 e. The van der Waals surface area contributed by atoms with Crippen molar-refractivity contribution >= 4 is 5.97 Å². The number of hydrogen-bond donors (Lipinski definition) is 1. The zero-order valence-corrected chi connectivity index (χ0v) is 9.76. The molecule has 3 heteroatoms. The Morgan fingerprint density at radius 2 is 2.06 bits per heavy atom. The van der Waals surface area contributed by atoms with Crippen LogP contribution in [-0.2, 0) is 4.74 Å². The molecule has 1 aromatic carbocycles. The highest BCUT2D eigenvalue weighted by atomic mass is 16.5. The van der Waals surface area contributed by atoms with Crippen LogP contribution in [0.15, 0.2) is 30.3 Å². The topological polar surface area (TPSA) is 38.3 Å². The van der Waals surface area contributed by atoms with Gasteiger partial charge in [-0.3, -0.25) is 0 Å². The van der Waals surface area contributed by atoms with Crippen molar-refractivity contribution in [1.29, 1.82) is 0 Å². The first-order valence-corrected chi connectivity index (χ1v) is 6.35. The summed E-state index contributed by atoms with van der Waals surface area (Å²) in [5, 5.41) is 3.52. The summed E-state index contributed by atoms with van der Waals surface area (Å²) in [4.78, 5) is 11.9. The van der Waals surface area contributed by atoms with E-state index < -0.39 is 0 Å². The Labute approximate surface area is 101 Å². The molecule has 2 aliphatic heterocycles. The van der Waals surface area contributed by atoms with Gasteiger partial charge in [0.15, 0.2) is 0 Å². The molecule has 3 rings (SSSR count).